The summed E-state index contributed by atoms with van der Waals surface area (Å²) >= 11 is 1.26. The molecule has 5 rings (SSSR count). The van der Waals surface area contributed by atoms with Gasteiger partial charge in [-0.1, -0.05) is 35.9 Å². The molecule has 5 aromatic rings. The van der Waals surface area contributed by atoms with Crippen LogP contribution in [0.15, 0.2) is 77.4 Å². The number of ether oxygens (including phenoxy) is 1. The van der Waals surface area contributed by atoms with E-state index in [0.29, 0.717) is 38.0 Å². The van der Waals surface area contributed by atoms with E-state index >= 15 is 0 Å². The molecule has 0 unspecified atom stereocenters. The molecular formula is C26H21N3O3S. The molecule has 2 aromatic carbocycles. The number of nitrogens with two attached hydrogens (primary N) is 1. The molecule has 33 heavy (non-hydrogen) atoms. The van der Waals surface area contributed by atoms with Crippen LogP contribution in [-0.2, 0) is 0 Å². The number of nitrogens with one attached hydrogen (secondary N) is 1. The van der Waals surface area contributed by atoms with Crippen molar-refractivity contribution in [3.63, 3.8) is 0 Å². The third-order valence-electron chi connectivity index (χ3n) is 5.37. The normalized spacial score (nSPS) is 11.0. The SMILES string of the molecule is COc1cccc(NC(=O)c2sc3nc(-c4ccc(C)cc4)cc(-c4ccco4)c3c2N)c1. The molecule has 3 heterocycles. The van der Waals surface area contributed by atoms with Gasteiger partial charge < -0.3 is 20.2 Å². The summed E-state index contributed by atoms with van der Waals surface area (Å²) in [5, 5.41) is 3.61. The standard InChI is InChI=1S/C26H21N3O3S/c1-15-8-10-16(11-9-15)20-14-19(21-7-4-12-32-21)22-23(27)24(33-26(22)29-20)25(30)28-17-5-3-6-18(13-17)31-2/h3-14H,27H2,1-2H3,(H,28,30). The van der Waals surface area contributed by atoms with Gasteiger partial charge in [0.2, 0.25) is 0 Å². The van der Waals surface area contributed by atoms with E-state index in [1.807, 2.05) is 61.5 Å². The number of pyridine rings is 1. The number of nitrogen functional groups attached to an aromatic ring is 1. The number of amides is 1. The van der Waals surface area contributed by atoms with Crippen molar-refractivity contribution in [2.75, 3.05) is 18.2 Å². The van der Waals surface area contributed by atoms with Crippen molar-refractivity contribution in [1.82, 2.24) is 4.98 Å². The van der Waals surface area contributed by atoms with Gasteiger partial charge in [0.25, 0.3) is 5.91 Å². The number of carbonyl (C=O) groups is 1. The number of rotatable bonds is 5. The second kappa shape index (κ2) is 8.44. The molecule has 0 bridgehead atoms. The second-order valence-electron chi connectivity index (χ2n) is 7.61. The lowest BCUT2D eigenvalue weighted by Crippen LogP contribution is -2.12. The average molecular weight is 456 g/mol. The summed E-state index contributed by atoms with van der Waals surface area (Å²) in [6, 6.07) is 21.0. The minimum atomic E-state index is -0.300. The minimum Gasteiger partial charge on any atom is -0.497 e. The second-order valence-corrected chi connectivity index (χ2v) is 8.61. The Morgan fingerprint density at radius 2 is 1.91 bits per heavy atom. The Morgan fingerprint density at radius 1 is 1.09 bits per heavy atom. The highest BCUT2D eigenvalue weighted by Crippen LogP contribution is 2.41. The van der Waals surface area contributed by atoms with Crippen molar-refractivity contribution in [3.8, 4) is 28.3 Å². The van der Waals surface area contributed by atoms with Gasteiger partial charge in [-0.05, 0) is 37.3 Å². The Hall–Kier alpha value is -4.10. The molecule has 6 nitrogen and oxygen atoms in total. The van der Waals surface area contributed by atoms with E-state index in [1.54, 1.807) is 25.5 Å². The van der Waals surface area contributed by atoms with Gasteiger partial charge in [0, 0.05) is 28.3 Å². The topological polar surface area (TPSA) is 90.4 Å². The van der Waals surface area contributed by atoms with Crippen LogP contribution in [0.2, 0.25) is 0 Å². The number of methoxy groups -OCH3 is 1. The molecule has 0 aliphatic carbocycles. The number of hydrogen-bond donors (Lipinski definition) is 2. The van der Waals surface area contributed by atoms with E-state index in [1.165, 1.54) is 16.9 Å². The van der Waals surface area contributed by atoms with Gasteiger partial charge in [0.15, 0.2) is 0 Å². The van der Waals surface area contributed by atoms with E-state index in [0.717, 1.165) is 16.8 Å². The highest BCUT2D eigenvalue weighted by atomic mass is 32.1. The number of furan rings is 1. The van der Waals surface area contributed by atoms with E-state index in [9.17, 15) is 4.79 Å². The molecule has 0 fully saturated rings. The highest BCUT2D eigenvalue weighted by molar-refractivity contribution is 7.21. The Morgan fingerprint density at radius 3 is 2.64 bits per heavy atom. The molecule has 7 heteroatoms. The number of carbonyl (C=O) groups excluding carboxylic acids is 1. The highest BCUT2D eigenvalue weighted by Gasteiger charge is 2.22. The number of hydrogen-bond acceptors (Lipinski definition) is 6. The first-order chi connectivity index (χ1) is 16.0. The molecule has 0 saturated carbocycles. The summed E-state index contributed by atoms with van der Waals surface area (Å²) in [5.74, 6) is 1.02. The molecule has 3 N–H and O–H groups in total. The van der Waals surface area contributed by atoms with Crippen molar-refractivity contribution in [2.45, 2.75) is 6.92 Å². The number of anilines is 2. The van der Waals surface area contributed by atoms with E-state index in [-0.39, 0.29) is 5.91 Å². The molecule has 1 amide bonds. The zero-order valence-electron chi connectivity index (χ0n) is 18.1. The van der Waals surface area contributed by atoms with Crippen molar-refractivity contribution in [3.05, 3.63) is 83.4 Å². The molecule has 0 atom stereocenters. The summed E-state index contributed by atoms with van der Waals surface area (Å²) in [5.41, 5.74) is 11.2. The number of aryl methyl sites for hydroxylation is 1. The van der Waals surface area contributed by atoms with Crippen LogP contribution in [0.3, 0.4) is 0 Å². The van der Waals surface area contributed by atoms with Gasteiger partial charge in [-0.25, -0.2) is 4.98 Å². The maximum Gasteiger partial charge on any atom is 0.267 e. The molecule has 0 aliphatic heterocycles. The zero-order chi connectivity index (χ0) is 22.9. The van der Waals surface area contributed by atoms with Gasteiger partial charge in [-0.2, -0.15) is 0 Å². The Labute approximate surface area is 194 Å². The first-order valence-corrected chi connectivity index (χ1v) is 11.1. The molecule has 0 saturated heterocycles. The Kier molecular flexibility index (Phi) is 5.32. The Bertz CT molecular complexity index is 1450. The number of thiophene rings is 1. The number of benzene rings is 2. The van der Waals surface area contributed by atoms with Gasteiger partial charge in [0.05, 0.1) is 24.8 Å². The number of nitrogens with zero attached hydrogens (tertiary/aromatic N) is 1. The van der Waals surface area contributed by atoms with Crippen LogP contribution in [0.4, 0.5) is 11.4 Å². The quantitative estimate of drug-likeness (QED) is 0.321. The van der Waals surface area contributed by atoms with Crippen LogP contribution in [0.5, 0.6) is 5.75 Å². The summed E-state index contributed by atoms with van der Waals surface area (Å²) in [7, 11) is 1.58. The fraction of sp³-hybridized carbons (Fsp3) is 0.0769. The van der Waals surface area contributed by atoms with Gasteiger partial charge in [-0.3, -0.25) is 4.79 Å². The molecule has 164 valence electrons. The Balaban J connectivity index is 1.63. The van der Waals surface area contributed by atoms with Crippen LogP contribution >= 0.6 is 11.3 Å². The summed E-state index contributed by atoms with van der Waals surface area (Å²) < 4.78 is 10.9. The molecule has 0 spiro atoms. The summed E-state index contributed by atoms with van der Waals surface area (Å²) in [6.45, 7) is 2.04. The van der Waals surface area contributed by atoms with Crippen LogP contribution in [0.25, 0.3) is 32.8 Å². The van der Waals surface area contributed by atoms with Crippen molar-refractivity contribution in [2.24, 2.45) is 0 Å². The fourth-order valence-electron chi connectivity index (χ4n) is 3.68. The predicted octanol–water partition coefficient (Wildman–Crippen LogP) is 6.37. The van der Waals surface area contributed by atoms with E-state index in [2.05, 4.69) is 5.32 Å². The minimum absolute atomic E-state index is 0.300. The lowest BCUT2D eigenvalue weighted by atomic mass is 10.0. The lowest BCUT2D eigenvalue weighted by Gasteiger charge is -2.07. The van der Waals surface area contributed by atoms with Crippen LogP contribution in [0, 0.1) is 6.92 Å². The number of fused-ring (bicyclic) bond motifs is 1. The van der Waals surface area contributed by atoms with Crippen LogP contribution in [-0.4, -0.2) is 18.0 Å². The summed E-state index contributed by atoms with van der Waals surface area (Å²) in [6.07, 6.45) is 1.62. The maximum absolute atomic E-state index is 13.1. The van der Waals surface area contributed by atoms with E-state index < -0.39 is 0 Å². The first-order valence-electron chi connectivity index (χ1n) is 10.3. The zero-order valence-corrected chi connectivity index (χ0v) is 18.9. The average Bonchev–Trinajstić information content (AvgIpc) is 3.48. The van der Waals surface area contributed by atoms with Crippen molar-refractivity contribution >= 4 is 38.8 Å². The van der Waals surface area contributed by atoms with E-state index in [4.69, 9.17) is 19.9 Å². The van der Waals surface area contributed by atoms with Crippen LogP contribution in [0.1, 0.15) is 15.2 Å². The van der Waals surface area contributed by atoms with Gasteiger partial charge in [-0.15, -0.1) is 11.3 Å². The summed E-state index contributed by atoms with van der Waals surface area (Å²) in [4.78, 5) is 19.0. The fourth-order valence-corrected chi connectivity index (χ4v) is 4.69. The van der Waals surface area contributed by atoms with Gasteiger partial charge in [0.1, 0.15) is 21.2 Å². The first kappa shape index (κ1) is 20.8. The van der Waals surface area contributed by atoms with Crippen molar-refractivity contribution in [1.29, 1.82) is 0 Å². The molecule has 0 aliphatic rings. The predicted molar refractivity (Wildman–Crippen MR) is 133 cm³/mol. The monoisotopic (exact) mass is 455 g/mol. The molecule has 3 aromatic heterocycles. The third-order valence-corrected chi connectivity index (χ3v) is 6.46. The number of aromatic nitrogens is 1. The molecule has 0 radical (unpaired) electrons. The lowest BCUT2D eigenvalue weighted by molar-refractivity contribution is 0.103. The smallest absolute Gasteiger partial charge is 0.267 e. The maximum atomic E-state index is 13.1. The van der Waals surface area contributed by atoms with Crippen LogP contribution < -0.4 is 15.8 Å². The van der Waals surface area contributed by atoms with Gasteiger partial charge >= 0.3 is 0 Å². The molecular weight excluding hydrogens is 434 g/mol. The third kappa shape index (κ3) is 3.94. The largest absolute Gasteiger partial charge is 0.497 e. The van der Waals surface area contributed by atoms with Crippen molar-refractivity contribution < 1.29 is 13.9 Å².